The van der Waals surface area contributed by atoms with Crippen LogP contribution in [0.4, 0.5) is 0 Å². The number of amides is 1. The molecule has 6 nitrogen and oxygen atoms in total. The van der Waals surface area contributed by atoms with Crippen LogP contribution in [0.15, 0.2) is 16.3 Å². The molecule has 3 atom stereocenters. The van der Waals surface area contributed by atoms with Gasteiger partial charge in [0.2, 0.25) is 15.9 Å². The second-order valence-electron chi connectivity index (χ2n) is 5.79. The van der Waals surface area contributed by atoms with Gasteiger partial charge in [-0.3, -0.25) is 4.79 Å². The number of hydrogen-bond donors (Lipinski definition) is 2. The molecule has 2 saturated heterocycles. The van der Waals surface area contributed by atoms with Gasteiger partial charge in [0.15, 0.2) is 0 Å². The summed E-state index contributed by atoms with van der Waals surface area (Å²) in [5.41, 5.74) is 0. The number of nitrogens with one attached hydrogen (secondary N) is 2. The van der Waals surface area contributed by atoms with Crippen molar-refractivity contribution in [3.8, 4) is 0 Å². The predicted octanol–water partition coefficient (Wildman–Crippen LogP) is 1.02. The summed E-state index contributed by atoms with van der Waals surface area (Å²) < 4.78 is 33.7. The summed E-state index contributed by atoms with van der Waals surface area (Å²) in [6, 6.07) is 3.33. The number of fused-ring (bicyclic) bond motifs is 2. The Labute approximate surface area is 134 Å². The number of sulfonamides is 1. The summed E-state index contributed by atoms with van der Waals surface area (Å²) in [4.78, 5) is 11.8. The van der Waals surface area contributed by atoms with E-state index in [1.165, 1.54) is 18.3 Å². The lowest BCUT2D eigenvalue weighted by molar-refractivity contribution is -0.118. The average molecular weight is 344 g/mol. The zero-order valence-corrected chi connectivity index (χ0v) is 14.0. The van der Waals surface area contributed by atoms with Crippen LogP contribution < -0.4 is 10.0 Å². The van der Waals surface area contributed by atoms with Crippen molar-refractivity contribution in [3.05, 3.63) is 17.0 Å². The summed E-state index contributed by atoms with van der Waals surface area (Å²) in [5.74, 6) is -0.0812. The average Bonchev–Trinajstić information content (AvgIpc) is 3.12. The Morgan fingerprint density at radius 3 is 2.86 bits per heavy atom. The van der Waals surface area contributed by atoms with E-state index in [-0.39, 0.29) is 24.2 Å². The van der Waals surface area contributed by atoms with Crippen molar-refractivity contribution >= 4 is 27.3 Å². The van der Waals surface area contributed by atoms with E-state index >= 15 is 0 Å². The lowest BCUT2D eigenvalue weighted by Crippen LogP contribution is -2.41. The fraction of sp³-hybridized carbons (Fsp3) is 0.643. The number of thiophene rings is 1. The van der Waals surface area contributed by atoms with Crippen LogP contribution in [0.5, 0.6) is 0 Å². The van der Waals surface area contributed by atoms with E-state index in [9.17, 15) is 13.2 Å². The van der Waals surface area contributed by atoms with Crippen molar-refractivity contribution in [2.75, 3.05) is 6.54 Å². The maximum absolute atomic E-state index is 12.4. The van der Waals surface area contributed by atoms with Crippen molar-refractivity contribution in [1.82, 2.24) is 10.0 Å². The van der Waals surface area contributed by atoms with E-state index in [1.54, 1.807) is 12.1 Å². The highest BCUT2D eigenvalue weighted by atomic mass is 32.2. The maximum Gasteiger partial charge on any atom is 0.250 e. The number of carbonyl (C=O) groups is 1. The van der Waals surface area contributed by atoms with Gasteiger partial charge in [0.05, 0.1) is 18.2 Å². The van der Waals surface area contributed by atoms with Gasteiger partial charge in [-0.2, -0.15) is 0 Å². The van der Waals surface area contributed by atoms with Gasteiger partial charge < -0.3 is 10.1 Å². The van der Waals surface area contributed by atoms with Crippen molar-refractivity contribution in [2.24, 2.45) is 0 Å². The Morgan fingerprint density at radius 1 is 1.41 bits per heavy atom. The molecule has 1 amide bonds. The highest BCUT2D eigenvalue weighted by molar-refractivity contribution is 7.91. The molecule has 2 fully saturated rings. The topological polar surface area (TPSA) is 84.5 Å². The Bertz CT molecular complexity index is 656. The number of rotatable bonds is 6. The van der Waals surface area contributed by atoms with Crippen molar-refractivity contribution < 1.29 is 17.9 Å². The first-order chi connectivity index (χ1) is 10.4. The lowest BCUT2D eigenvalue weighted by atomic mass is 9.96. The van der Waals surface area contributed by atoms with E-state index in [0.717, 1.165) is 24.1 Å². The van der Waals surface area contributed by atoms with Gasteiger partial charge >= 0.3 is 0 Å². The monoisotopic (exact) mass is 344 g/mol. The molecule has 0 aromatic carbocycles. The van der Waals surface area contributed by atoms with E-state index in [1.807, 2.05) is 0 Å². The van der Waals surface area contributed by atoms with Gasteiger partial charge in [-0.1, -0.05) is 0 Å². The summed E-state index contributed by atoms with van der Waals surface area (Å²) in [6.45, 7) is 1.98. The second-order valence-corrected chi connectivity index (χ2v) is 8.90. The highest BCUT2D eigenvalue weighted by Gasteiger charge is 2.42. The van der Waals surface area contributed by atoms with Crippen molar-refractivity contribution in [3.63, 3.8) is 0 Å². The standard InChI is InChI=1S/C14H20N2O4S2/c1-9(17)15-7-6-11-3-5-14(21-11)22(18,19)16-12-8-10-2-4-13(12)20-10/h3,5,10,12-13,16H,2,4,6-8H2,1H3,(H,15,17). The molecule has 1 aromatic heterocycles. The van der Waals surface area contributed by atoms with Gasteiger partial charge in [-0.15, -0.1) is 11.3 Å². The van der Waals surface area contributed by atoms with E-state index in [4.69, 9.17) is 4.74 Å². The van der Waals surface area contributed by atoms with Gasteiger partial charge in [-0.05, 0) is 37.8 Å². The van der Waals surface area contributed by atoms with Crippen LogP contribution in [0.25, 0.3) is 0 Å². The van der Waals surface area contributed by atoms with Crippen LogP contribution in [0.3, 0.4) is 0 Å². The van der Waals surface area contributed by atoms with Crippen molar-refractivity contribution in [1.29, 1.82) is 0 Å². The zero-order valence-electron chi connectivity index (χ0n) is 12.4. The third-order valence-electron chi connectivity index (χ3n) is 4.06. The first kappa shape index (κ1) is 15.9. The number of hydrogen-bond acceptors (Lipinski definition) is 5. The van der Waals surface area contributed by atoms with Crippen LogP contribution in [0.2, 0.25) is 0 Å². The molecule has 3 rings (SSSR count). The minimum atomic E-state index is -3.49. The molecule has 122 valence electrons. The molecule has 0 aliphatic carbocycles. The molecular weight excluding hydrogens is 324 g/mol. The first-order valence-corrected chi connectivity index (χ1v) is 9.75. The van der Waals surface area contributed by atoms with Crippen LogP contribution in [-0.2, 0) is 26.0 Å². The summed E-state index contributed by atoms with van der Waals surface area (Å²) in [6.07, 6.45) is 3.62. The summed E-state index contributed by atoms with van der Waals surface area (Å²) >= 11 is 1.25. The predicted molar refractivity (Wildman–Crippen MR) is 83.3 cm³/mol. The minimum Gasteiger partial charge on any atom is -0.373 e. The normalized spacial score (nSPS) is 27.2. The van der Waals surface area contributed by atoms with Crippen molar-refractivity contribution in [2.45, 2.75) is 55.1 Å². The SMILES string of the molecule is CC(=O)NCCc1ccc(S(=O)(=O)NC2CC3CCC2O3)s1. The van der Waals surface area contributed by atoms with Crippen LogP contribution in [0, 0.1) is 0 Å². The fourth-order valence-corrected chi connectivity index (χ4v) is 5.67. The molecule has 0 spiro atoms. The Hall–Kier alpha value is -0.960. The van der Waals surface area contributed by atoms with Gasteiger partial charge in [0, 0.05) is 18.3 Å². The molecule has 2 aliphatic heterocycles. The Balaban J connectivity index is 1.60. The molecule has 2 N–H and O–H groups in total. The van der Waals surface area contributed by atoms with Gasteiger partial charge in [0.1, 0.15) is 4.21 Å². The van der Waals surface area contributed by atoms with Crippen LogP contribution in [0.1, 0.15) is 31.1 Å². The first-order valence-electron chi connectivity index (χ1n) is 7.45. The third-order valence-corrected chi connectivity index (χ3v) is 7.19. The molecule has 3 heterocycles. The molecule has 1 aromatic rings. The largest absolute Gasteiger partial charge is 0.373 e. The highest BCUT2D eigenvalue weighted by Crippen LogP contribution is 2.35. The molecule has 8 heteroatoms. The second kappa shape index (κ2) is 6.27. The van der Waals surface area contributed by atoms with Gasteiger partial charge in [-0.25, -0.2) is 13.1 Å². The molecule has 3 unspecified atom stereocenters. The lowest BCUT2D eigenvalue weighted by Gasteiger charge is -2.19. The molecular formula is C14H20N2O4S2. The van der Waals surface area contributed by atoms with Crippen LogP contribution >= 0.6 is 11.3 Å². The number of ether oxygens (including phenoxy) is 1. The third kappa shape index (κ3) is 3.51. The minimum absolute atomic E-state index is 0.0268. The Kier molecular flexibility index (Phi) is 4.54. The molecule has 0 saturated carbocycles. The Morgan fingerprint density at radius 2 is 2.23 bits per heavy atom. The van der Waals surface area contributed by atoms with E-state index < -0.39 is 10.0 Å². The zero-order chi connectivity index (χ0) is 15.7. The number of carbonyl (C=O) groups excluding carboxylic acids is 1. The van der Waals surface area contributed by atoms with E-state index in [2.05, 4.69) is 10.0 Å². The smallest absolute Gasteiger partial charge is 0.250 e. The summed E-state index contributed by atoms with van der Waals surface area (Å²) in [5, 5.41) is 2.71. The molecule has 2 aliphatic rings. The van der Waals surface area contributed by atoms with Crippen LogP contribution in [-0.4, -0.2) is 39.1 Å². The molecule has 2 bridgehead atoms. The maximum atomic E-state index is 12.4. The molecule has 22 heavy (non-hydrogen) atoms. The molecule has 0 radical (unpaired) electrons. The fourth-order valence-electron chi connectivity index (χ4n) is 3.02. The summed E-state index contributed by atoms with van der Waals surface area (Å²) in [7, 11) is -3.49. The van der Waals surface area contributed by atoms with Gasteiger partial charge in [0.25, 0.3) is 0 Å². The van der Waals surface area contributed by atoms with E-state index in [0.29, 0.717) is 17.2 Å². The quantitative estimate of drug-likeness (QED) is 0.807.